The second-order valence-electron chi connectivity index (χ2n) is 11.8. The van der Waals surface area contributed by atoms with Crippen molar-refractivity contribution in [3.63, 3.8) is 0 Å². The quantitative estimate of drug-likeness (QED) is 0.0630. The van der Waals surface area contributed by atoms with Crippen molar-refractivity contribution in [2.24, 2.45) is 10.2 Å². The molecule has 2 N–H and O–H groups in total. The Bertz CT molecular complexity index is 2600. The number of hydrogen-bond donors (Lipinski definition) is 2. The van der Waals surface area contributed by atoms with E-state index in [9.17, 15) is 9.59 Å². The molecule has 0 unspecified atom stereocenters. The first-order chi connectivity index (χ1) is 25.9. The summed E-state index contributed by atoms with van der Waals surface area (Å²) in [5.41, 5.74) is 11.4. The average Bonchev–Trinajstić information content (AvgIpc) is 3.87. The molecule has 4 aromatic heterocycles. The van der Waals surface area contributed by atoms with Crippen molar-refractivity contribution in [1.29, 1.82) is 0 Å². The number of fused-ring (bicyclic) bond motifs is 2. The summed E-state index contributed by atoms with van der Waals surface area (Å²) >= 11 is 2.77. The number of benzene rings is 4. The van der Waals surface area contributed by atoms with Crippen molar-refractivity contribution in [3.8, 4) is 22.5 Å². The molecule has 0 saturated heterocycles. The Kier molecular flexibility index (Phi) is 9.62. The fourth-order valence-corrected chi connectivity index (χ4v) is 8.73. The van der Waals surface area contributed by atoms with E-state index >= 15 is 0 Å². The van der Waals surface area contributed by atoms with Crippen LogP contribution in [-0.4, -0.2) is 36.3 Å². The normalized spacial score (nSPS) is 12.0. The Hall–Kier alpha value is -5.98. The Balaban J connectivity index is 0.993. The SMILES string of the molecule is CC(=NNc1nc(-c2ccccc2)cs1)c1cc2cc([Se]c3ccc4oc(=O)c(C(C)=NNc5nc(-c6ccccc6)cs5)cc4c3)ccc2oc1=O. The van der Waals surface area contributed by atoms with E-state index in [0.717, 1.165) is 42.2 Å². The molecule has 0 amide bonds. The Morgan fingerprint density at radius 1 is 0.604 bits per heavy atom. The van der Waals surface area contributed by atoms with Crippen molar-refractivity contribution < 1.29 is 8.83 Å². The molecule has 4 aromatic carbocycles. The van der Waals surface area contributed by atoms with Gasteiger partial charge < -0.3 is 0 Å². The number of thiazole rings is 2. The van der Waals surface area contributed by atoms with Crippen molar-refractivity contribution in [2.45, 2.75) is 13.8 Å². The van der Waals surface area contributed by atoms with Crippen LogP contribution < -0.4 is 31.0 Å². The molecule has 0 aliphatic heterocycles. The van der Waals surface area contributed by atoms with Crippen molar-refractivity contribution in [1.82, 2.24) is 9.97 Å². The molecule has 0 fully saturated rings. The van der Waals surface area contributed by atoms with Gasteiger partial charge in [-0.15, -0.1) is 0 Å². The molecule has 8 rings (SSSR count). The van der Waals surface area contributed by atoms with E-state index in [0.29, 0.717) is 44.0 Å². The predicted octanol–water partition coefficient (Wildman–Crippen LogP) is 7.47. The third-order valence-corrected chi connectivity index (χ3v) is 11.8. The molecule has 0 bridgehead atoms. The summed E-state index contributed by atoms with van der Waals surface area (Å²) < 4.78 is 13.5. The Morgan fingerprint density at radius 3 is 1.47 bits per heavy atom. The van der Waals surface area contributed by atoms with Crippen LogP contribution in [0.3, 0.4) is 0 Å². The van der Waals surface area contributed by atoms with Gasteiger partial charge in [0.25, 0.3) is 0 Å². The summed E-state index contributed by atoms with van der Waals surface area (Å²) in [5, 5.41) is 15.6. The van der Waals surface area contributed by atoms with Gasteiger partial charge in [-0.25, -0.2) is 0 Å². The van der Waals surface area contributed by atoms with Crippen LogP contribution in [0.5, 0.6) is 0 Å². The average molecular weight is 800 g/mol. The van der Waals surface area contributed by atoms with Crippen LogP contribution in [0.15, 0.2) is 149 Å². The van der Waals surface area contributed by atoms with Gasteiger partial charge in [-0.3, -0.25) is 0 Å². The van der Waals surface area contributed by atoms with Crippen molar-refractivity contribution in [3.05, 3.63) is 152 Å². The van der Waals surface area contributed by atoms with Gasteiger partial charge in [0.2, 0.25) is 0 Å². The van der Waals surface area contributed by atoms with Crippen LogP contribution in [0.2, 0.25) is 0 Å². The summed E-state index contributed by atoms with van der Waals surface area (Å²) in [6.45, 7) is 3.52. The molecule has 8 aromatic rings. The first-order valence-corrected chi connectivity index (χ1v) is 19.8. The van der Waals surface area contributed by atoms with E-state index in [4.69, 9.17) is 8.83 Å². The van der Waals surface area contributed by atoms with Crippen LogP contribution in [0.25, 0.3) is 44.5 Å². The molecule has 0 saturated carbocycles. The Labute approximate surface area is 316 Å². The van der Waals surface area contributed by atoms with Crippen molar-refractivity contribution >= 4 is 90.2 Å². The van der Waals surface area contributed by atoms with Gasteiger partial charge in [0.15, 0.2) is 0 Å². The van der Waals surface area contributed by atoms with Crippen LogP contribution in [-0.2, 0) is 0 Å². The number of rotatable bonds is 10. The van der Waals surface area contributed by atoms with E-state index in [1.54, 1.807) is 13.8 Å². The van der Waals surface area contributed by atoms with E-state index in [1.165, 1.54) is 22.7 Å². The first-order valence-electron chi connectivity index (χ1n) is 16.3. The third kappa shape index (κ3) is 7.64. The van der Waals surface area contributed by atoms with E-state index < -0.39 is 11.3 Å². The minimum atomic E-state index is -0.465. The summed E-state index contributed by atoms with van der Waals surface area (Å²) in [5.74, 6) is 0. The number of nitrogens with zero attached hydrogens (tertiary/aromatic N) is 4. The maximum atomic E-state index is 12.9. The summed E-state index contributed by atoms with van der Waals surface area (Å²) in [7, 11) is 0. The molecule has 4 heterocycles. The standard InChI is InChI=1S/C40H28N6O4S2Se/c1-23(43-45-39-41-33(21-51-39)25-9-5-3-6-10-25)31-19-27-17-29(13-15-35(27)49-37(31)47)53-30-14-16-36-28(18-30)20-32(38(48)50-36)24(2)44-46-40-42-34(22-52-40)26-11-7-4-8-12-26/h3-22H,1-2H3,(H,41,45)(H,42,46). The topological polar surface area (TPSA) is 135 Å². The second-order valence-corrected chi connectivity index (χ2v) is 15.9. The van der Waals surface area contributed by atoms with Crippen LogP contribution in [0, 0.1) is 0 Å². The summed E-state index contributed by atoms with van der Waals surface area (Å²) in [6.07, 6.45) is 0. The van der Waals surface area contributed by atoms with Crippen LogP contribution in [0.4, 0.5) is 10.3 Å². The molecule has 0 spiro atoms. The third-order valence-electron chi connectivity index (χ3n) is 8.21. The molecule has 10 nitrogen and oxygen atoms in total. The molecule has 0 atom stereocenters. The minimum absolute atomic E-state index is 0.104. The number of hydrogen-bond acceptors (Lipinski definition) is 12. The predicted molar refractivity (Wildman–Crippen MR) is 217 cm³/mol. The summed E-state index contributed by atoms with van der Waals surface area (Å²) in [6, 6.07) is 35.0. The molecule has 0 aliphatic rings. The fourth-order valence-electron chi connectivity index (χ4n) is 5.49. The molecular weight excluding hydrogens is 772 g/mol. The first kappa shape index (κ1) is 34.1. The van der Waals surface area contributed by atoms with Gasteiger partial charge in [-0.05, 0) is 0 Å². The molecule has 260 valence electrons. The zero-order valence-electron chi connectivity index (χ0n) is 28.2. The molecule has 0 radical (unpaired) electrons. The van der Waals surface area contributed by atoms with Gasteiger partial charge in [-0.1, -0.05) is 60.7 Å². The molecular formula is C40H28N6O4S2Se. The van der Waals surface area contributed by atoms with E-state index in [2.05, 4.69) is 31.0 Å². The van der Waals surface area contributed by atoms with E-state index in [1.807, 2.05) is 120 Å². The molecule has 53 heavy (non-hydrogen) atoms. The fraction of sp³-hybridized carbons (Fsp3) is 0.0500. The van der Waals surface area contributed by atoms with Gasteiger partial charge in [0.1, 0.15) is 0 Å². The number of anilines is 2. The number of hydrazone groups is 2. The van der Waals surface area contributed by atoms with Crippen LogP contribution >= 0.6 is 22.7 Å². The number of aromatic nitrogens is 2. The van der Waals surface area contributed by atoms with Gasteiger partial charge in [0.05, 0.1) is 0 Å². The maximum absolute atomic E-state index is 12.9. The van der Waals surface area contributed by atoms with Gasteiger partial charge >= 0.3 is 258 Å². The number of nitrogens with one attached hydrogen (secondary N) is 2. The molecule has 0 aliphatic carbocycles. The zero-order chi connectivity index (χ0) is 36.3. The van der Waals surface area contributed by atoms with E-state index in [-0.39, 0.29) is 15.0 Å². The summed E-state index contributed by atoms with van der Waals surface area (Å²) in [4.78, 5) is 35.0. The monoisotopic (exact) mass is 800 g/mol. The molecule has 13 heteroatoms. The second kappa shape index (κ2) is 14.9. The Morgan fingerprint density at radius 2 is 1.04 bits per heavy atom. The van der Waals surface area contributed by atoms with Crippen molar-refractivity contribution in [2.75, 3.05) is 10.9 Å². The van der Waals surface area contributed by atoms with Gasteiger partial charge in [-0.2, -0.15) is 0 Å². The van der Waals surface area contributed by atoms with Crippen LogP contribution in [0.1, 0.15) is 25.0 Å². The zero-order valence-corrected chi connectivity index (χ0v) is 31.5. The van der Waals surface area contributed by atoms with Gasteiger partial charge in [0, 0.05) is 0 Å².